The van der Waals surface area contributed by atoms with Crippen molar-refractivity contribution in [3.05, 3.63) is 46.6 Å². The molecule has 0 fully saturated rings. The normalized spacial score (nSPS) is 12.0. The fourth-order valence-electron chi connectivity index (χ4n) is 2.74. The summed E-state index contributed by atoms with van der Waals surface area (Å²) in [4.78, 5) is 17.1. The Hall–Kier alpha value is -2.85. The fourth-order valence-corrected chi connectivity index (χ4v) is 3.96. The molecule has 0 saturated heterocycles. The third-order valence-corrected chi connectivity index (χ3v) is 6.30. The Morgan fingerprint density at radius 1 is 1.22 bits per heavy atom. The minimum Gasteiger partial charge on any atom is -0.491 e. The van der Waals surface area contributed by atoms with Gasteiger partial charge in [0.25, 0.3) is 0 Å². The minimum absolute atomic E-state index is 0.0391. The number of methoxy groups -OCH3 is 1. The van der Waals surface area contributed by atoms with E-state index >= 15 is 0 Å². The maximum absolute atomic E-state index is 13.0. The van der Waals surface area contributed by atoms with E-state index in [1.165, 1.54) is 25.3 Å². The zero-order valence-electron chi connectivity index (χ0n) is 20.1. The van der Waals surface area contributed by atoms with Crippen molar-refractivity contribution in [1.29, 1.82) is 0 Å². The van der Waals surface area contributed by atoms with Gasteiger partial charge in [0.05, 0.1) is 18.7 Å². The highest BCUT2D eigenvalue weighted by atomic mass is 35.5. The first kappa shape index (κ1) is 30.4. The molecule has 2 aromatic rings. The Balaban J connectivity index is 2.42. The molecule has 0 aliphatic carbocycles. The number of pyridine rings is 1. The molecule has 2 rings (SSSR count). The number of amides is 1. The Kier molecular flexibility index (Phi) is 10.8. The summed E-state index contributed by atoms with van der Waals surface area (Å²) in [7, 11) is 0.413. The lowest BCUT2D eigenvalue weighted by Crippen LogP contribution is -2.45. The number of carboxylic acid groups (broad SMARTS) is 1. The molecule has 0 atom stereocenters. The second-order valence-corrected chi connectivity index (χ2v) is 9.80. The van der Waals surface area contributed by atoms with Gasteiger partial charge in [0.2, 0.25) is 5.88 Å². The van der Waals surface area contributed by atoms with Crippen LogP contribution in [-0.2, 0) is 27.7 Å². The molecular formula is C21H26ClF3N4O7S. The number of benzene rings is 1. The van der Waals surface area contributed by atoms with E-state index in [4.69, 9.17) is 25.8 Å². The number of carbonyl (C=O) groups is 1. The Morgan fingerprint density at radius 3 is 2.49 bits per heavy atom. The van der Waals surface area contributed by atoms with Crippen molar-refractivity contribution < 1.29 is 45.7 Å². The van der Waals surface area contributed by atoms with Gasteiger partial charge in [0, 0.05) is 38.0 Å². The number of rotatable bonds is 13. The lowest BCUT2D eigenvalue weighted by molar-refractivity contribution is -0.137. The van der Waals surface area contributed by atoms with Crippen LogP contribution < -0.4 is 14.2 Å². The van der Waals surface area contributed by atoms with Crippen LogP contribution in [0.4, 0.5) is 18.0 Å². The van der Waals surface area contributed by atoms with Gasteiger partial charge in [0.15, 0.2) is 0 Å². The van der Waals surface area contributed by atoms with E-state index in [2.05, 4.69) is 9.71 Å². The quantitative estimate of drug-likeness (QED) is 0.348. The molecule has 206 valence electrons. The molecule has 16 heteroatoms. The first-order valence-electron chi connectivity index (χ1n) is 10.5. The average molecular weight is 571 g/mol. The predicted octanol–water partition coefficient (Wildman–Crippen LogP) is 3.45. The van der Waals surface area contributed by atoms with Gasteiger partial charge in [0.1, 0.15) is 23.1 Å². The summed E-state index contributed by atoms with van der Waals surface area (Å²) in [6.45, 7) is -0.0566. The highest BCUT2D eigenvalue weighted by molar-refractivity contribution is 7.87. The molecular weight excluding hydrogens is 545 g/mol. The van der Waals surface area contributed by atoms with Crippen molar-refractivity contribution in [3.63, 3.8) is 0 Å². The average Bonchev–Trinajstić information content (AvgIpc) is 2.78. The summed E-state index contributed by atoms with van der Waals surface area (Å²) in [5.74, 6) is -0.328. The first-order valence-corrected chi connectivity index (χ1v) is 12.4. The monoisotopic (exact) mass is 570 g/mol. The summed E-state index contributed by atoms with van der Waals surface area (Å²) in [5, 5.41) is 9.11. The van der Waals surface area contributed by atoms with Crippen LogP contribution in [0.2, 0.25) is 5.02 Å². The second-order valence-electron chi connectivity index (χ2n) is 7.71. The molecule has 2 N–H and O–H groups in total. The van der Waals surface area contributed by atoms with Crippen LogP contribution in [0.25, 0.3) is 0 Å². The molecule has 37 heavy (non-hydrogen) atoms. The van der Waals surface area contributed by atoms with E-state index in [0.29, 0.717) is 18.8 Å². The number of aromatic nitrogens is 1. The molecule has 1 heterocycles. The van der Waals surface area contributed by atoms with Crippen LogP contribution in [0.1, 0.15) is 11.1 Å². The van der Waals surface area contributed by atoms with Crippen LogP contribution in [0.15, 0.2) is 30.5 Å². The third kappa shape index (κ3) is 9.19. The lowest BCUT2D eigenvalue weighted by Gasteiger charge is -2.22. The second kappa shape index (κ2) is 13.1. The summed E-state index contributed by atoms with van der Waals surface area (Å²) in [5.41, 5.74) is -1.06. The molecule has 0 unspecified atom stereocenters. The summed E-state index contributed by atoms with van der Waals surface area (Å²) >= 11 is 5.94. The molecule has 0 spiro atoms. The standard InChI is InChI=1S/C21H26ClF3N4O7S/c1-28(2)7-6-27-37(32,33)29(20(30)31)13-14-4-5-16(35-9-8-34-3)11-18(14)36-19-17(22)10-15(12-26-19)21(23,24)25/h4-5,10-12,27H,6-9,13H2,1-3H3,(H,30,31). The van der Waals surface area contributed by atoms with E-state index in [1.807, 2.05) is 0 Å². The van der Waals surface area contributed by atoms with Crippen LogP contribution in [0.3, 0.4) is 0 Å². The number of ether oxygens (including phenoxy) is 3. The van der Waals surface area contributed by atoms with Gasteiger partial charge >= 0.3 is 22.5 Å². The number of hydrogen-bond donors (Lipinski definition) is 2. The van der Waals surface area contributed by atoms with Crippen LogP contribution >= 0.6 is 11.6 Å². The van der Waals surface area contributed by atoms with Gasteiger partial charge in [-0.15, -0.1) is 0 Å². The van der Waals surface area contributed by atoms with E-state index < -0.39 is 45.5 Å². The largest absolute Gasteiger partial charge is 0.491 e. The smallest absolute Gasteiger partial charge is 0.422 e. The van der Waals surface area contributed by atoms with Gasteiger partial charge < -0.3 is 24.2 Å². The summed E-state index contributed by atoms with van der Waals surface area (Å²) in [6.07, 6.45) is -5.94. The molecule has 0 radical (unpaired) electrons. The molecule has 0 aliphatic rings. The number of nitrogens with zero attached hydrogens (tertiary/aromatic N) is 3. The fraction of sp³-hybridized carbons (Fsp3) is 0.429. The number of alkyl halides is 3. The van der Waals surface area contributed by atoms with E-state index in [9.17, 15) is 31.5 Å². The van der Waals surface area contributed by atoms with Crippen LogP contribution in [0, 0.1) is 0 Å². The van der Waals surface area contributed by atoms with Gasteiger partial charge in [-0.25, -0.2) is 9.78 Å². The Morgan fingerprint density at radius 2 is 1.92 bits per heavy atom. The molecule has 1 aromatic carbocycles. The molecule has 1 aromatic heterocycles. The highest BCUT2D eigenvalue weighted by Gasteiger charge is 2.32. The maximum atomic E-state index is 13.0. The predicted molar refractivity (Wildman–Crippen MR) is 127 cm³/mol. The van der Waals surface area contributed by atoms with Gasteiger partial charge in [-0.3, -0.25) is 0 Å². The SMILES string of the molecule is COCCOc1ccc(CN(C(=O)O)S(=O)(=O)NCCN(C)C)c(Oc2ncc(C(F)(F)F)cc2Cl)c1. The van der Waals surface area contributed by atoms with Crippen molar-refractivity contribution >= 4 is 27.9 Å². The zero-order chi connectivity index (χ0) is 27.8. The minimum atomic E-state index is -4.69. The van der Waals surface area contributed by atoms with Gasteiger partial charge in [-0.1, -0.05) is 11.6 Å². The number of nitrogens with one attached hydrogen (secondary N) is 1. The molecule has 0 saturated carbocycles. The highest BCUT2D eigenvalue weighted by Crippen LogP contribution is 2.36. The topological polar surface area (TPSA) is 131 Å². The van der Waals surface area contributed by atoms with E-state index in [1.54, 1.807) is 19.0 Å². The van der Waals surface area contributed by atoms with Crippen molar-refractivity contribution in [2.75, 3.05) is 47.5 Å². The first-order chi connectivity index (χ1) is 17.2. The van der Waals surface area contributed by atoms with Gasteiger partial charge in [-0.05, 0) is 32.3 Å². The number of halogens is 4. The molecule has 0 bridgehead atoms. The van der Waals surface area contributed by atoms with Gasteiger partial charge in [-0.2, -0.15) is 30.6 Å². The molecule has 11 nitrogen and oxygen atoms in total. The zero-order valence-corrected chi connectivity index (χ0v) is 21.7. The Labute approximate surface area is 216 Å². The summed E-state index contributed by atoms with van der Waals surface area (Å²) < 4.78 is 82.5. The number of likely N-dealkylation sites (N-methyl/N-ethyl adjacent to an activating group) is 1. The lowest BCUT2D eigenvalue weighted by atomic mass is 10.2. The maximum Gasteiger partial charge on any atom is 0.422 e. The molecule has 0 aliphatic heterocycles. The van der Waals surface area contributed by atoms with E-state index in [0.717, 1.165) is 0 Å². The summed E-state index contributed by atoms with van der Waals surface area (Å²) in [6, 6.07) is 4.70. The van der Waals surface area contributed by atoms with Crippen molar-refractivity contribution in [3.8, 4) is 17.4 Å². The van der Waals surface area contributed by atoms with Crippen molar-refractivity contribution in [1.82, 2.24) is 18.9 Å². The van der Waals surface area contributed by atoms with Crippen molar-refractivity contribution in [2.45, 2.75) is 12.7 Å². The number of hydrogen-bond acceptors (Lipinski definition) is 8. The van der Waals surface area contributed by atoms with Crippen molar-refractivity contribution in [2.24, 2.45) is 0 Å². The third-order valence-electron chi connectivity index (χ3n) is 4.60. The van der Waals surface area contributed by atoms with Crippen LogP contribution in [0.5, 0.6) is 17.4 Å². The Bertz CT molecular complexity index is 1180. The van der Waals surface area contributed by atoms with E-state index in [-0.39, 0.29) is 41.1 Å². The van der Waals surface area contributed by atoms with Crippen LogP contribution in [-0.4, -0.2) is 81.3 Å². The molecule has 1 amide bonds.